The molecule has 2 aliphatic heterocycles. The third kappa shape index (κ3) is 4.98. The summed E-state index contributed by atoms with van der Waals surface area (Å²) < 4.78 is 5.22. The Bertz CT molecular complexity index is 613. The number of hydrogen-bond donors (Lipinski definition) is 2. The average Bonchev–Trinajstić information content (AvgIpc) is 3.30. The van der Waals surface area contributed by atoms with Gasteiger partial charge in [-0.3, -0.25) is 9.59 Å². The van der Waals surface area contributed by atoms with Crippen molar-refractivity contribution in [1.29, 1.82) is 0 Å². The second kappa shape index (κ2) is 9.37. The first-order chi connectivity index (χ1) is 12.0. The monoisotopic (exact) mass is 384 g/mol. The Morgan fingerprint density at radius 1 is 1.38 bits per heavy atom. The number of aromatic nitrogens is 1. The summed E-state index contributed by atoms with van der Waals surface area (Å²) in [5.74, 6) is 0.809. The number of piperidine rings is 1. The van der Waals surface area contributed by atoms with Gasteiger partial charge < -0.3 is 20.1 Å². The number of amides is 2. The number of carbonyl (C=O) groups excluding carboxylic acids is 2. The summed E-state index contributed by atoms with van der Waals surface area (Å²) in [4.78, 5) is 26.6. The van der Waals surface area contributed by atoms with Gasteiger partial charge in [-0.05, 0) is 44.1 Å². The average molecular weight is 385 g/mol. The lowest BCUT2D eigenvalue weighted by atomic mass is 9.97. The first-order valence-electron chi connectivity index (χ1n) is 9.31. The van der Waals surface area contributed by atoms with E-state index in [1.165, 1.54) is 0 Å². The second-order valence-electron chi connectivity index (χ2n) is 7.42. The summed E-state index contributed by atoms with van der Waals surface area (Å²) in [5.41, 5.74) is 0.799. The zero-order chi connectivity index (χ0) is 17.8. The normalized spacial score (nSPS) is 23.0. The Kier molecular flexibility index (Phi) is 7.46. The molecule has 2 N–H and O–H groups in total. The van der Waals surface area contributed by atoms with Crippen LogP contribution in [0.4, 0.5) is 0 Å². The molecule has 7 nitrogen and oxygen atoms in total. The molecule has 0 aromatic carbocycles. The summed E-state index contributed by atoms with van der Waals surface area (Å²) in [6, 6.07) is 1.69. The molecule has 2 aliphatic rings. The highest BCUT2D eigenvalue weighted by atomic mass is 35.5. The van der Waals surface area contributed by atoms with Crippen LogP contribution >= 0.6 is 12.4 Å². The number of hydrogen-bond acceptors (Lipinski definition) is 5. The van der Waals surface area contributed by atoms with Gasteiger partial charge in [0.15, 0.2) is 0 Å². The molecular formula is C18H29ClN4O3. The predicted molar refractivity (Wildman–Crippen MR) is 101 cm³/mol. The lowest BCUT2D eigenvalue weighted by Crippen LogP contribution is -2.46. The fraction of sp³-hybridized carbons (Fsp3) is 0.722. The number of carbonyl (C=O) groups is 2. The number of rotatable bonds is 5. The molecule has 3 rings (SSSR count). The lowest BCUT2D eigenvalue weighted by molar-refractivity contribution is -0.123. The largest absolute Gasteiger partial charge is 0.354 e. The van der Waals surface area contributed by atoms with Crippen LogP contribution in [0.3, 0.4) is 0 Å². The Morgan fingerprint density at radius 2 is 2.19 bits per heavy atom. The van der Waals surface area contributed by atoms with Gasteiger partial charge in [0.2, 0.25) is 11.7 Å². The second-order valence-corrected chi connectivity index (χ2v) is 7.42. The summed E-state index contributed by atoms with van der Waals surface area (Å²) in [5, 5.41) is 10.2. The van der Waals surface area contributed by atoms with Gasteiger partial charge in [-0.1, -0.05) is 19.0 Å². The van der Waals surface area contributed by atoms with Crippen LogP contribution in [-0.2, 0) is 4.79 Å². The van der Waals surface area contributed by atoms with E-state index in [2.05, 4.69) is 15.8 Å². The Hall–Kier alpha value is -1.60. The van der Waals surface area contributed by atoms with E-state index in [-0.39, 0.29) is 42.1 Å². The molecule has 0 radical (unpaired) electrons. The SMILES string of the molecule is CC(C)c1cc(C(=O)N2CCCC(CNC(=O)C3CCCN3)C2)on1.Cl. The van der Waals surface area contributed by atoms with Crippen LogP contribution in [0.25, 0.3) is 0 Å². The Morgan fingerprint density at radius 3 is 2.85 bits per heavy atom. The highest BCUT2D eigenvalue weighted by Gasteiger charge is 2.28. The molecule has 2 unspecified atom stereocenters. The molecule has 8 heteroatoms. The number of likely N-dealkylation sites (tertiary alicyclic amines) is 1. The van der Waals surface area contributed by atoms with E-state index in [1.54, 1.807) is 6.07 Å². The van der Waals surface area contributed by atoms with Crippen LogP contribution in [0.1, 0.15) is 61.7 Å². The molecular weight excluding hydrogens is 356 g/mol. The van der Waals surface area contributed by atoms with E-state index in [1.807, 2.05) is 18.7 Å². The smallest absolute Gasteiger partial charge is 0.292 e. The van der Waals surface area contributed by atoms with Crippen molar-refractivity contribution in [2.75, 3.05) is 26.2 Å². The third-order valence-electron chi connectivity index (χ3n) is 5.08. The zero-order valence-corrected chi connectivity index (χ0v) is 16.3. The van der Waals surface area contributed by atoms with Gasteiger partial charge in [-0.15, -0.1) is 12.4 Å². The van der Waals surface area contributed by atoms with Crippen molar-refractivity contribution >= 4 is 24.2 Å². The molecule has 26 heavy (non-hydrogen) atoms. The maximum Gasteiger partial charge on any atom is 0.292 e. The van der Waals surface area contributed by atoms with Crippen molar-refractivity contribution in [1.82, 2.24) is 20.7 Å². The van der Waals surface area contributed by atoms with E-state index in [0.717, 1.165) is 44.5 Å². The van der Waals surface area contributed by atoms with Crippen LogP contribution in [-0.4, -0.2) is 54.1 Å². The van der Waals surface area contributed by atoms with Crippen LogP contribution in [0.5, 0.6) is 0 Å². The summed E-state index contributed by atoms with van der Waals surface area (Å²) in [6.07, 6.45) is 3.93. The zero-order valence-electron chi connectivity index (χ0n) is 15.5. The van der Waals surface area contributed by atoms with Gasteiger partial charge >= 0.3 is 0 Å². The van der Waals surface area contributed by atoms with Gasteiger partial charge in [0.1, 0.15) is 0 Å². The van der Waals surface area contributed by atoms with Gasteiger partial charge in [-0.2, -0.15) is 0 Å². The number of nitrogens with one attached hydrogen (secondary N) is 2. The maximum atomic E-state index is 12.6. The van der Waals surface area contributed by atoms with Crippen molar-refractivity contribution in [2.45, 2.75) is 51.5 Å². The summed E-state index contributed by atoms with van der Waals surface area (Å²) >= 11 is 0. The van der Waals surface area contributed by atoms with E-state index < -0.39 is 0 Å². The molecule has 2 fully saturated rings. The Labute approximate surface area is 160 Å². The predicted octanol–water partition coefficient (Wildman–Crippen LogP) is 1.94. The molecule has 0 saturated carbocycles. The minimum atomic E-state index is -0.104. The van der Waals surface area contributed by atoms with Crippen molar-refractivity contribution in [3.05, 3.63) is 17.5 Å². The fourth-order valence-corrected chi connectivity index (χ4v) is 3.51. The highest BCUT2D eigenvalue weighted by molar-refractivity contribution is 5.91. The molecule has 146 valence electrons. The van der Waals surface area contributed by atoms with Crippen LogP contribution in [0, 0.1) is 5.92 Å². The molecule has 0 bridgehead atoms. The molecule has 1 aromatic heterocycles. The standard InChI is InChI=1S/C18H28N4O3.ClH/c1-12(2)15-9-16(25-21-15)18(24)22-8-4-5-13(11-22)10-20-17(23)14-6-3-7-19-14;/h9,12-14,19H,3-8,10-11H2,1-2H3,(H,20,23);1H. The van der Waals surface area contributed by atoms with Crippen LogP contribution < -0.4 is 10.6 Å². The minimum absolute atomic E-state index is 0. The molecule has 0 aliphatic carbocycles. The van der Waals surface area contributed by atoms with Gasteiger partial charge in [0.05, 0.1) is 11.7 Å². The first-order valence-corrected chi connectivity index (χ1v) is 9.31. The van der Waals surface area contributed by atoms with Gasteiger partial charge in [0, 0.05) is 25.7 Å². The molecule has 2 amide bonds. The topological polar surface area (TPSA) is 87.5 Å². The van der Waals surface area contributed by atoms with E-state index >= 15 is 0 Å². The molecule has 2 saturated heterocycles. The van der Waals surface area contributed by atoms with Crippen molar-refractivity contribution in [3.8, 4) is 0 Å². The van der Waals surface area contributed by atoms with E-state index in [9.17, 15) is 9.59 Å². The van der Waals surface area contributed by atoms with Crippen molar-refractivity contribution < 1.29 is 14.1 Å². The number of halogens is 1. The third-order valence-corrected chi connectivity index (χ3v) is 5.08. The first kappa shape index (κ1) is 20.7. The fourth-order valence-electron chi connectivity index (χ4n) is 3.51. The molecule has 1 aromatic rings. The van der Waals surface area contributed by atoms with E-state index in [0.29, 0.717) is 18.8 Å². The number of nitrogens with zero attached hydrogens (tertiary/aromatic N) is 2. The van der Waals surface area contributed by atoms with Crippen molar-refractivity contribution in [2.24, 2.45) is 5.92 Å². The quantitative estimate of drug-likeness (QED) is 0.810. The van der Waals surface area contributed by atoms with Crippen LogP contribution in [0.2, 0.25) is 0 Å². The molecule has 0 spiro atoms. The van der Waals surface area contributed by atoms with Gasteiger partial charge in [-0.25, -0.2) is 0 Å². The van der Waals surface area contributed by atoms with E-state index in [4.69, 9.17) is 4.52 Å². The minimum Gasteiger partial charge on any atom is -0.354 e. The molecule has 2 atom stereocenters. The molecule has 3 heterocycles. The lowest BCUT2D eigenvalue weighted by Gasteiger charge is -2.32. The Balaban J connectivity index is 0.00000243. The van der Waals surface area contributed by atoms with Gasteiger partial charge in [0.25, 0.3) is 5.91 Å². The summed E-state index contributed by atoms with van der Waals surface area (Å²) in [6.45, 7) is 6.95. The maximum absolute atomic E-state index is 12.6. The summed E-state index contributed by atoms with van der Waals surface area (Å²) in [7, 11) is 0. The van der Waals surface area contributed by atoms with Crippen LogP contribution in [0.15, 0.2) is 10.6 Å². The van der Waals surface area contributed by atoms with Crippen molar-refractivity contribution in [3.63, 3.8) is 0 Å². The highest BCUT2D eigenvalue weighted by Crippen LogP contribution is 2.20.